The number of rotatable bonds is 6. The normalized spacial score (nSPS) is 15.3. The number of hydrogen-bond acceptors (Lipinski definition) is 4. The van der Waals surface area contributed by atoms with Gasteiger partial charge < -0.3 is 25.0 Å². The minimum Gasteiger partial charge on any atom is -0.508 e. The summed E-state index contributed by atoms with van der Waals surface area (Å²) in [5, 5.41) is 12.9. The molecule has 6 heteroatoms. The maximum Gasteiger partial charge on any atom is 0.318 e. The van der Waals surface area contributed by atoms with Crippen molar-refractivity contribution in [3.05, 3.63) is 54.1 Å². The highest BCUT2D eigenvalue weighted by atomic mass is 16.5. The number of ether oxygens (including phenoxy) is 1. The fourth-order valence-electron chi connectivity index (χ4n) is 3.79. The monoisotopic (exact) mass is 397 g/mol. The van der Waals surface area contributed by atoms with Crippen LogP contribution in [0.5, 0.6) is 11.5 Å². The van der Waals surface area contributed by atoms with Crippen molar-refractivity contribution in [3.8, 4) is 11.5 Å². The zero-order valence-corrected chi connectivity index (χ0v) is 17.5. The van der Waals surface area contributed by atoms with Crippen molar-refractivity contribution < 1.29 is 14.6 Å². The molecule has 0 spiro atoms. The highest BCUT2D eigenvalue weighted by Gasteiger charge is 2.25. The number of carbonyl (C=O) groups is 1. The van der Waals surface area contributed by atoms with Crippen LogP contribution in [0.3, 0.4) is 0 Å². The average molecular weight is 398 g/mol. The van der Waals surface area contributed by atoms with Crippen LogP contribution in [0.1, 0.15) is 31.9 Å². The summed E-state index contributed by atoms with van der Waals surface area (Å²) in [6.45, 7) is 7.07. The molecular formula is C23H31N3O3. The predicted octanol–water partition coefficient (Wildman–Crippen LogP) is 4.02. The topological polar surface area (TPSA) is 65.0 Å². The Labute approximate surface area is 173 Å². The van der Waals surface area contributed by atoms with Gasteiger partial charge in [-0.2, -0.15) is 0 Å². The molecule has 1 aliphatic heterocycles. The van der Waals surface area contributed by atoms with Crippen LogP contribution in [0, 0.1) is 5.92 Å². The molecule has 2 N–H and O–H groups in total. The van der Waals surface area contributed by atoms with Crippen LogP contribution in [0.15, 0.2) is 48.5 Å². The first-order chi connectivity index (χ1) is 14.0. The third kappa shape index (κ3) is 5.34. The van der Waals surface area contributed by atoms with Crippen molar-refractivity contribution in [1.82, 2.24) is 10.2 Å². The number of phenolic OH excluding ortho intramolecular Hbond substituents is 1. The van der Waals surface area contributed by atoms with Crippen LogP contribution in [0.4, 0.5) is 10.5 Å². The van der Waals surface area contributed by atoms with Crippen molar-refractivity contribution >= 4 is 11.7 Å². The van der Waals surface area contributed by atoms with Crippen molar-refractivity contribution in [3.63, 3.8) is 0 Å². The molecule has 1 unspecified atom stereocenters. The molecule has 1 aliphatic rings. The molecule has 1 saturated heterocycles. The summed E-state index contributed by atoms with van der Waals surface area (Å²) in [6, 6.07) is 15.0. The van der Waals surface area contributed by atoms with Gasteiger partial charge in [-0.05, 0) is 30.5 Å². The molecule has 0 aromatic heterocycles. The molecule has 0 radical (unpaired) electrons. The van der Waals surface area contributed by atoms with Gasteiger partial charge in [0.1, 0.15) is 11.5 Å². The minimum atomic E-state index is -0.0947. The summed E-state index contributed by atoms with van der Waals surface area (Å²) in [5.74, 6) is 1.50. The van der Waals surface area contributed by atoms with E-state index in [4.69, 9.17) is 4.74 Å². The van der Waals surface area contributed by atoms with Gasteiger partial charge in [0.25, 0.3) is 0 Å². The number of anilines is 1. The van der Waals surface area contributed by atoms with Gasteiger partial charge in [-0.3, -0.25) is 0 Å². The van der Waals surface area contributed by atoms with Crippen molar-refractivity contribution in [2.24, 2.45) is 5.92 Å². The molecule has 0 saturated carbocycles. The fourth-order valence-corrected chi connectivity index (χ4v) is 3.79. The molecular weight excluding hydrogens is 366 g/mol. The van der Waals surface area contributed by atoms with Crippen LogP contribution in [-0.2, 0) is 0 Å². The Morgan fingerprint density at radius 3 is 2.48 bits per heavy atom. The number of carbonyl (C=O) groups excluding carboxylic acids is 1. The number of methoxy groups -OCH3 is 1. The zero-order chi connectivity index (χ0) is 20.8. The Morgan fingerprint density at radius 2 is 1.83 bits per heavy atom. The van der Waals surface area contributed by atoms with E-state index in [0.717, 1.165) is 36.5 Å². The van der Waals surface area contributed by atoms with E-state index in [1.165, 1.54) is 0 Å². The maximum atomic E-state index is 13.0. The molecule has 2 amide bonds. The summed E-state index contributed by atoms with van der Waals surface area (Å²) >= 11 is 0. The molecule has 1 atom stereocenters. The van der Waals surface area contributed by atoms with E-state index in [-0.39, 0.29) is 17.8 Å². The third-order valence-corrected chi connectivity index (χ3v) is 5.28. The molecule has 1 fully saturated rings. The number of piperazine rings is 1. The van der Waals surface area contributed by atoms with E-state index in [1.54, 1.807) is 19.2 Å². The minimum absolute atomic E-state index is 0.0443. The van der Waals surface area contributed by atoms with E-state index < -0.39 is 0 Å². The number of nitrogens with one attached hydrogen (secondary N) is 1. The first-order valence-corrected chi connectivity index (χ1v) is 10.2. The number of nitrogens with zero attached hydrogens (tertiary/aromatic N) is 2. The molecule has 6 nitrogen and oxygen atoms in total. The molecule has 2 aromatic rings. The summed E-state index contributed by atoms with van der Waals surface area (Å²) in [5.41, 5.74) is 1.99. The Hall–Kier alpha value is -2.89. The quantitative estimate of drug-likeness (QED) is 0.773. The van der Waals surface area contributed by atoms with Gasteiger partial charge in [-0.1, -0.05) is 38.1 Å². The largest absolute Gasteiger partial charge is 0.508 e. The lowest BCUT2D eigenvalue weighted by molar-refractivity contribution is 0.188. The van der Waals surface area contributed by atoms with Crippen LogP contribution in [-0.4, -0.2) is 49.3 Å². The molecule has 0 aliphatic carbocycles. The number of phenols is 1. The number of para-hydroxylation sites is 1. The molecule has 156 valence electrons. The van der Waals surface area contributed by atoms with E-state index in [1.807, 2.05) is 41.3 Å². The molecule has 3 rings (SSSR count). The van der Waals surface area contributed by atoms with Crippen LogP contribution >= 0.6 is 0 Å². The van der Waals surface area contributed by atoms with Gasteiger partial charge in [0, 0.05) is 43.5 Å². The third-order valence-electron chi connectivity index (χ3n) is 5.28. The Balaban J connectivity index is 1.64. The number of urea groups is 1. The van der Waals surface area contributed by atoms with E-state index in [2.05, 4.69) is 24.1 Å². The van der Waals surface area contributed by atoms with Crippen LogP contribution < -0.4 is 15.0 Å². The van der Waals surface area contributed by atoms with Crippen LogP contribution in [0.25, 0.3) is 0 Å². The molecule has 0 bridgehead atoms. The van der Waals surface area contributed by atoms with E-state index in [9.17, 15) is 9.90 Å². The summed E-state index contributed by atoms with van der Waals surface area (Å²) < 4.78 is 5.52. The second-order valence-corrected chi connectivity index (χ2v) is 7.87. The lowest BCUT2D eigenvalue weighted by Gasteiger charge is -2.37. The van der Waals surface area contributed by atoms with Crippen molar-refractivity contribution in [2.75, 3.05) is 38.2 Å². The van der Waals surface area contributed by atoms with Gasteiger partial charge in [0.2, 0.25) is 0 Å². The van der Waals surface area contributed by atoms with Crippen molar-refractivity contribution in [2.45, 2.75) is 26.3 Å². The molecule has 2 aromatic carbocycles. The molecule has 29 heavy (non-hydrogen) atoms. The van der Waals surface area contributed by atoms with Crippen molar-refractivity contribution in [1.29, 1.82) is 0 Å². The second kappa shape index (κ2) is 9.54. The van der Waals surface area contributed by atoms with Crippen LogP contribution in [0.2, 0.25) is 0 Å². The fraction of sp³-hybridized carbons (Fsp3) is 0.435. The maximum absolute atomic E-state index is 13.0. The highest BCUT2D eigenvalue weighted by molar-refractivity contribution is 5.75. The van der Waals surface area contributed by atoms with Gasteiger partial charge in [0.15, 0.2) is 0 Å². The number of amides is 2. The first kappa shape index (κ1) is 20.8. The van der Waals surface area contributed by atoms with E-state index >= 15 is 0 Å². The standard InChI is InChI=1S/C23H31N3O3/c1-17(2)15-21(20-9-4-5-10-22(20)29-3)24-23(28)26-13-11-25(12-14-26)18-7-6-8-19(27)16-18/h4-10,16-17,21,27H,11-15H2,1-3H3,(H,24,28). The summed E-state index contributed by atoms with van der Waals surface area (Å²) in [4.78, 5) is 17.0. The number of aromatic hydroxyl groups is 1. The van der Waals surface area contributed by atoms with Gasteiger partial charge in [-0.25, -0.2) is 4.79 Å². The smallest absolute Gasteiger partial charge is 0.318 e. The zero-order valence-electron chi connectivity index (χ0n) is 17.5. The van der Waals surface area contributed by atoms with E-state index in [0.29, 0.717) is 19.0 Å². The van der Waals surface area contributed by atoms with Gasteiger partial charge >= 0.3 is 6.03 Å². The predicted molar refractivity (Wildman–Crippen MR) is 116 cm³/mol. The Morgan fingerprint density at radius 1 is 1.10 bits per heavy atom. The summed E-state index contributed by atoms with van der Waals surface area (Å²) in [7, 11) is 1.66. The van der Waals surface area contributed by atoms with Gasteiger partial charge in [-0.15, -0.1) is 0 Å². The lowest BCUT2D eigenvalue weighted by Crippen LogP contribution is -2.52. The second-order valence-electron chi connectivity index (χ2n) is 7.87. The average Bonchev–Trinajstić information content (AvgIpc) is 2.73. The van der Waals surface area contributed by atoms with Gasteiger partial charge in [0.05, 0.1) is 13.2 Å². The first-order valence-electron chi connectivity index (χ1n) is 10.2. The lowest BCUT2D eigenvalue weighted by atomic mass is 9.96. The Kier molecular flexibility index (Phi) is 6.86. The molecule has 1 heterocycles. The highest BCUT2D eigenvalue weighted by Crippen LogP contribution is 2.29. The summed E-state index contributed by atoms with van der Waals surface area (Å²) in [6.07, 6.45) is 0.843. The SMILES string of the molecule is COc1ccccc1C(CC(C)C)NC(=O)N1CCN(c2cccc(O)c2)CC1. The Bertz CT molecular complexity index is 817. The number of benzene rings is 2. The number of hydrogen-bond donors (Lipinski definition) is 2.